The Bertz CT molecular complexity index is 709. The van der Waals surface area contributed by atoms with Gasteiger partial charge in [-0.25, -0.2) is 4.79 Å². The Morgan fingerprint density at radius 3 is 2.60 bits per heavy atom. The van der Waals surface area contributed by atoms with Gasteiger partial charge in [0.05, 0.1) is 0 Å². The third-order valence-corrected chi connectivity index (χ3v) is 5.05. The largest absolute Gasteiger partial charge is 0.350 e. The number of thiophene rings is 1. The van der Waals surface area contributed by atoms with Crippen LogP contribution >= 0.6 is 11.3 Å². The zero-order valence-corrected chi connectivity index (χ0v) is 14.9. The average molecular weight is 357 g/mol. The van der Waals surface area contributed by atoms with Gasteiger partial charge in [0.1, 0.15) is 0 Å². The Morgan fingerprint density at radius 2 is 1.84 bits per heavy atom. The Morgan fingerprint density at radius 1 is 1.04 bits per heavy atom. The highest BCUT2D eigenvalue weighted by Crippen LogP contribution is 2.22. The molecular weight excluding hydrogens is 334 g/mol. The van der Waals surface area contributed by atoms with E-state index in [0.717, 1.165) is 24.0 Å². The second-order valence-corrected chi connectivity index (χ2v) is 7.01. The molecule has 1 fully saturated rings. The van der Waals surface area contributed by atoms with Crippen LogP contribution in [0.5, 0.6) is 0 Å². The summed E-state index contributed by atoms with van der Waals surface area (Å²) in [7, 11) is 0. The van der Waals surface area contributed by atoms with Crippen LogP contribution in [-0.4, -0.2) is 31.1 Å². The fraction of sp³-hybridized carbons (Fsp3) is 0.368. The highest BCUT2D eigenvalue weighted by Gasteiger charge is 2.16. The Labute approximate surface area is 151 Å². The molecule has 132 valence electrons. The highest BCUT2D eigenvalue weighted by atomic mass is 32.1. The van der Waals surface area contributed by atoms with Crippen molar-refractivity contribution in [2.45, 2.75) is 31.7 Å². The van der Waals surface area contributed by atoms with E-state index < -0.39 is 0 Å². The molecule has 0 aliphatic heterocycles. The molecule has 3 rings (SSSR count). The fourth-order valence-corrected chi connectivity index (χ4v) is 3.69. The molecular formula is C19H23N3O2S. The van der Waals surface area contributed by atoms with Gasteiger partial charge < -0.3 is 16.0 Å². The summed E-state index contributed by atoms with van der Waals surface area (Å²) >= 11 is 1.63. The maximum absolute atomic E-state index is 12.3. The van der Waals surface area contributed by atoms with E-state index in [2.05, 4.69) is 21.3 Å². The Kier molecular flexibility index (Phi) is 6.06. The molecule has 5 nitrogen and oxygen atoms in total. The van der Waals surface area contributed by atoms with Gasteiger partial charge in [0.2, 0.25) is 0 Å². The van der Waals surface area contributed by atoms with Crippen molar-refractivity contribution >= 4 is 23.3 Å². The summed E-state index contributed by atoms with van der Waals surface area (Å²) in [5.41, 5.74) is 2.77. The summed E-state index contributed by atoms with van der Waals surface area (Å²) in [5, 5.41) is 12.7. The van der Waals surface area contributed by atoms with Gasteiger partial charge in [-0.15, -0.1) is 0 Å². The van der Waals surface area contributed by atoms with E-state index in [1.54, 1.807) is 17.4 Å². The minimum atomic E-state index is -0.152. The molecule has 3 amide bonds. The summed E-state index contributed by atoms with van der Waals surface area (Å²) in [5.74, 6) is -0.130. The third kappa shape index (κ3) is 5.06. The number of hydrogen-bond acceptors (Lipinski definition) is 3. The van der Waals surface area contributed by atoms with Gasteiger partial charge in [0.15, 0.2) is 0 Å². The lowest BCUT2D eigenvalue weighted by Crippen LogP contribution is -2.43. The van der Waals surface area contributed by atoms with E-state index in [1.807, 2.05) is 29.6 Å². The molecule has 0 bridgehead atoms. The highest BCUT2D eigenvalue weighted by molar-refractivity contribution is 7.08. The first kappa shape index (κ1) is 17.5. The predicted molar refractivity (Wildman–Crippen MR) is 101 cm³/mol. The second-order valence-electron chi connectivity index (χ2n) is 6.23. The molecule has 0 atom stereocenters. The average Bonchev–Trinajstić information content (AvgIpc) is 3.32. The molecule has 0 unspecified atom stereocenters. The van der Waals surface area contributed by atoms with Crippen molar-refractivity contribution < 1.29 is 9.59 Å². The van der Waals surface area contributed by atoms with Gasteiger partial charge in [-0.2, -0.15) is 11.3 Å². The molecule has 1 aromatic carbocycles. The van der Waals surface area contributed by atoms with Crippen molar-refractivity contribution in [3.05, 3.63) is 46.7 Å². The standard InChI is InChI=1S/C19H23N3O2S/c23-18(15-5-3-4-14(12-15)16-8-11-25-13-16)20-9-10-21-19(24)22-17-6-1-2-7-17/h3-5,8,11-13,17H,1-2,6-7,9-10H2,(H,20,23)(H2,21,22,24). The van der Waals surface area contributed by atoms with Crippen LogP contribution in [0.2, 0.25) is 0 Å². The van der Waals surface area contributed by atoms with Crippen LogP contribution in [0.25, 0.3) is 11.1 Å². The van der Waals surface area contributed by atoms with Gasteiger partial charge in [-0.05, 0) is 52.9 Å². The summed E-state index contributed by atoms with van der Waals surface area (Å²) in [6.45, 7) is 0.814. The molecule has 0 spiro atoms. The van der Waals surface area contributed by atoms with E-state index in [-0.39, 0.29) is 11.9 Å². The van der Waals surface area contributed by atoms with Crippen LogP contribution in [0.3, 0.4) is 0 Å². The number of benzene rings is 1. The molecule has 1 heterocycles. The zero-order valence-electron chi connectivity index (χ0n) is 14.1. The number of urea groups is 1. The number of nitrogens with one attached hydrogen (secondary N) is 3. The molecule has 3 N–H and O–H groups in total. The summed E-state index contributed by atoms with van der Waals surface area (Å²) in [6, 6.07) is 9.75. The lowest BCUT2D eigenvalue weighted by Gasteiger charge is -2.13. The quantitative estimate of drug-likeness (QED) is 0.694. The van der Waals surface area contributed by atoms with Crippen molar-refractivity contribution in [3.63, 3.8) is 0 Å². The number of amides is 3. The van der Waals surface area contributed by atoms with Crippen LogP contribution < -0.4 is 16.0 Å². The minimum Gasteiger partial charge on any atom is -0.350 e. The van der Waals surface area contributed by atoms with Gasteiger partial charge in [-0.1, -0.05) is 25.0 Å². The van der Waals surface area contributed by atoms with E-state index >= 15 is 0 Å². The Hall–Kier alpha value is -2.34. The maximum Gasteiger partial charge on any atom is 0.315 e. The van der Waals surface area contributed by atoms with Crippen LogP contribution in [0.15, 0.2) is 41.1 Å². The number of carbonyl (C=O) groups is 2. The zero-order chi connectivity index (χ0) is 17.5. The Balaban J connectivity index is 1.42. The number of hydrogen-bond donors (Lipinski definition) is 3. The molecule has 2 aromatic rings. The SMILES string of the molecule is O=C(NCCNC(=O)c1cccc(-c2ccsc2)c1)NC1CCCC1. The molecule has 1 saturated carbocycles. The first-order valence-corrected chi connectivity index (χ1v) is 9.62. The van der Waals surface area contributed by atoms with Crippen LogP contribution in [0, 0.1) is 0 Å². The van der Waals surface area contributed by atoms with Gasteiger partial charge in [0, 0.05) is 24.7 Å². The van der Waals surface area contributed by atoms with Gasteiger partial charge in [-0.3, -0.25) is 4.79 Å². The number of rotatable bonds is 6. The van der Waals surface area contributed by atoms with E-state index in [4.69, 9.17) is 0 Å². The molecule has 1 aliphatic rings. The molecule has 25 heavy (non-hydrogen) atoms. The van der Waals surface area contributed by atoms with E-state index in [1.165, 1.54) is 12.8 Å². The van der Waals surface area contributed by atoms with Crippen LogP contribution in [-0.2, 0) is 0 Å². The lowest BCUT2D eigenvalue weighted by atomic mass is 10.1. The van der Waals surface area contributed by atoms with E-state index in [9.17, 15) is 9.59 Å². The van der Waals surface area contributed by atoms with Crippen molar-refractivity contribution in [2.24, 2.45) is 0 Å². The fourth-order valence-electron chi connectivity index (χ4n) is 3.03. The summed E-state index contributed by atoms with van der Waals surface area (Å²) < 4.78 is 0. The molecule has 1 aliphatic carbocycles. The molecule has 0 radical (unpaired) electrons. The molecule has 1 aromatic heterocycles. The summed E-state index contributed by atoms with van der Waals surface area (Å²) in [6.07, 6.45) is 4.49. The first-order valence-electron chi connectivity index (χ1n) is 8.67. The first-order chi connectivity index (χ1) is 12.2. The molecule has 6 heteroatoms. The maximum atomic E-state index is 12.3. The smallest absolute Gasteiger partial charge is 0.315 e. The van der Waals surface area contributed by atoms with Crippen molar-refractivity contribution in [3.8, 4) is 11.1 Å². The second kappa shape index (κ2) is 8.67. The van der Waals surface area contributed by atoms with E-state index in [0.29, 0.717) is 24.7 Å². The van der Waals surface area contributed by atoms with Gasteiger partial charge in [0.25, 0.3) is 5.91 Å². The summed E-state index contributed by atoms with van der Waals surface area (Å²) in [4.78, 5) is 24.0. The van der Waals surface area contributed by atoms with Crippen LogP contribution in [0.4, 0.5) is 4.79 Å². The lowest BCUT2D eigenvalue weighted by molar-refractivity contribution is 0.0954. The predicted octanol–water partition coefficient (Wildman–Crippen LogP) is 3.39. The monoisotopic (exact) mass is 357 g/mol. The van der Waals surface area contributed by atoms with Crippen molar-refractivity contribution in [1.29, 1.82) is 0 Å². The third-order valence-electron chi connectivity index (χ3n) is 4.37. The van der Waals surface area contributed by atoms with Crippen LogP contribution in [0.1, 0.15) is 36.0 Å². The van der Waals surface area contributed by atoms with Crippen molar-refractivity contribution in [2.75, 3.05) is 13.1 Å². The molecule has 0 saturated heterocycles. The van der Waals surface area contributed by atoms with Gasteiger partial charge >= 0.3 is 6.03 Å². The normalized spacial score (nSPS) is 14.2. The topological polar surface area (TPSA) is 70.2 Å². The minimum absolute atomic E-state index is 0.130. The number of carbonyl (C=O) groups excluding carboxylic acids is 2. The van der Waals surface area contributed by atoms with Crippen molar-refractivity contribution in [1.82, 2.24) is 16.0 Å².